The summed E-state index contributed by atoms with van der Waals surface area (Å²) in [6.45, 7) is 2.83. The molecule has 0 spiro atoms. The van der Waals surface area contributed by atoms with Crippen LogP contribution in [0, 0.1) is 0 Å². The monoisotopic (exact) mass is 275 g/mol. The second kappa shape index (κ2) is 5.75. The summed E-state index contributed by atoms with van der Waals surface area (Å²) in [5.74, 6) is -0.451. The van der Waals surface area contributed by atoms with Crippen LogP contribution in [0.4, 0.5) is 11.4 Å². The van der Waals surface area contributed by atoms with Gasteiger partial charge >= 0.3 is 0 Å². The minimum Gasteiger partial charge on any atom is -0.397 e. The molecular formula is C14H17N3OS. The van der Waals surface area contributed by atoms with Gasteiger partial charge in [-0.05, 0) is 36.8 Å². The van der Waals surface area contributed by atoms with Gasteiger partial charge < -0.3 is 16.8 Å². The highest BCUT2D eigenvalue weighted by atomic mass is 32.1. The molecule has 100 valence electrons. The van der Waals surface area contributed by atoms with Crippen molar-refractivity contribution in [3.63, 3.8) is 0 Å². The van der Waals surface area contributed by atoms with E-state index in [1.165, 1.54) is 9.75 Å². The Morgan fingerprint density at radius 2 is 2.00 bits per heavy atom. The van der Waals surface area contributed by atoms with Crippen molar-refractivity contribution in [2.45, 2.75) is 19.9 Å². The fourth-order valence-corrected chi connectivity index (χ4v) is 2.65. The van der Waals surface area contributed by atoms with Crippen LogP contribution in [0.5, 0.6) is 0 Å². The van der Waals surface area contributed by atoms with Gasteiger partial charge in [-0.15, -0.1) is 11.3 Å². The highest BCUT2D eigenvalue weighted by Crippen LogP contribution is 2.23. The average Bonchev–Trinajstić information content (AvgIpc) is 2.85. The number of hydrogen-bond donors (Lipinski definition) is 3. The van der Waals surface area contributed by atoms with Gasteiger partial charge in [0, 0.05) is 21.9 Å². The second-order valence-electron chi connectivity index (χ2n) is 4.24. The molecule has 0 bridgehead atoms. The molecule has 0 saturated carbocycles. The summed E-state index contributed by atoms with van der Waals surface area (Å²) in [4.78, 5) is 13.7. The topological polar surface area (TPSA) is 81.1 Å². The summed E-state index contributed by atoms with van der Waals surface area (Å²) in [5, 5.41) is 3.24. The zero-order chi connectivity index (χ0) is 13.8. The van der Waals surface area contributed by atoms with E-state index < -0.39 is 5.91 Å². The first-order valence-electron chi connectivity index (χ1n) is 6.11. The fourth-order valence-electron chi connectivity index (χ4n) is 1.75. The standard InChI is InChI=1S/C14H17N3OS/c1-2-10-4-5-11(19-10)8-17-13-7-9(14(16)18)3-6-12(13)15/h3-7,17H,2,8,15H2,1H3,(H2,16,18). The number of thiophene rings is 1. The molecule has 5 heteroatoms. The van der Waals surface area contributed by atoms with Crippen LogP contribution in [0.3, 0.4) is 0 Å². The van der Waals surface area contributed by atoms with E-state index in [4.69, 9.17) is 11.5 Å². The molecule has 0 unspecified atom stereocenters. The number of anilines is 2. The second-order valence-corrected chi connectivity index (χ2v) is 5.49. The predicted octanol–water partition coefficient (Wildman–Crippen LogP) is 2.60. The van der Waals surface area contributed by atoms with Crippen molar-refractivity contribution < 1.29 is 4.79 Å². The molecule has 0 atom stereocenters. The number of amides is 1. The van der Waals surface area contributed by atoms with Crippen molar-refractivity contribution in [2.75, 3.05) is 11.1 Å². The molecular weight excluding hydrogens is 258 g/mol. The van der Waals surface area contributed by atoms with Crippen molar-refractivity contribution >= 4 is 28.6 Å². The summed E-state index contributed by atoms with van der Waals surface area (Å²) >= 11 is 1.77. The highest BCUT2D eigenvalue weighted by molar-refractivity contribution is 7.12. The molecule has 1 amide bonds. The zero-order valence-corrected chi connectivity index (χ0v) is 11.6. The summed E-state index contributed by atoms with van der Waals surface area (Å²) in [6, 6.07) is 9.24. The number of aryl methyl sites for hydroxylation is 1. The van der Waals surface area contributed by atoms with Crippen LogP contribution in [0.15, 0.2) is 30.3 Å². The van der Waals surface area contributed by atoms with Crippen LogP contribution in [0.1, 0.15) is 27.0 Å². The van der Waals surface area contributed by atoms with Crippen molar-refractivity contribution in [3.05, 3.63) is 45.6 Å². The molecule has 19 heavy (non-hydrogen) atoms. The lowest BCUT2D eigenvalue weighted by atomic mass is 10.1. The largest absolute Gasteiger partial charge is 0.397 e. The Labute approximate surface area is 116 Å². The SMILES string of the molecule is CCc1ccc(CNc2cc(C(N)=O)ccc2N)s1. The first-order chi connectivity index (χ1) is 9.10. The van der Waals surface area contributed by atoms with E-state index >= 15 is 0 Å². The fraction of sp³-hybridized carbons (Fsp3) is 0.214. The van der Waals surface area contributed by atoms with Crippen LogP contribution in [0.2, 0.25) is 0 Å². The zero-order valence-electron chi connectivity index (χ0n) is 10.8. The molecule has 2 rings (SSSR count). The van der Waals surface area contributed by atoms with E-state index in [9.17, 15) is 4.79 Å². The van der Waals surface area contributed by atoms with Gasteiger partial charge in [-0.1, -0.05) is 6.92 Å². The number of benzene rings is 1. The Bertz CT molecular complexity index is 592. The van der Waals surface area contributed by atoms with E-state index in [2.05, 4.69) is 24.4 Å². The number of nitrogen functional groups attached to an aromatic ring is 1. The molecule has 5 N–H and O–H groups in total. The molecule has 1 aromatic heterocycles. The van der Waals surface area contributed by atoms with Crippen molar-refractivity contribution in [1.29, 1.82) is 0 Å². The third-order valence-corrected chi connectivity index (χ3v) is 4.09. The van der Waals surface area contributed by atoms with Gasteiger partial charge in [0.05, 0.1) is 11.4 Å². The molecule has 0 radical (unpaired) electrons. The number of carbonyl (C=O) groups is 1. The number of carbonyl (C=O) groups excluding carboxylic acids is 1. The first kappa shape index (κ1) is 13.4. The number of nitrogens with one attached hydrogen (secondary N) is 1. The molecule has 0 fully saturated rings. The number of nitrogens with two attached hydrogens (primary N) is 2. The maximum Gasteiger partial charge on any atom is 0.248 e. The molecule has 0 aliphatic heterocycles. The van der Waals surface area contributed by atoms with Crippen LogP contribution < -0.4 is 16.8 Å². The van der Waals surface area contributed by atoms with Crippen LogP contribution in [0.25, 0.3) is 0 Å². The molecule has 1 heterocycles. The summed E-state index contributed by atoms with van der Waals surface area (Å²) in [5.41, 5.74) is 12.9. The Morgan fingerprint density at radius 3 is 2.63 bits per heavy atom. The summed E-state index contributed by atoms with van der Waals surface area (Å²) in [7, 11) is 0. The maximum atomic E-state index is 11.1. The van der Waals surface area contributed by atoms with Crippen LogP contribution >= 0.6 is 11.3 Å². The Balaban J connectivity index is 2.10. The van der Waals surface area contributed by atoms with Gasteiger partial charge in [-0.3, -0.25) is 4.79 Å². The van der Waals surface area contributed by atoms with Crippen LogP contribution in [-0.4, -0.2) is 5.91 Å². The minimum absolute atomic E-state index is 0.451. The highest BCUT2D eigenvalue weighted by Gasteiger charge is 2.05. The van der Waals surface area contributed by atoms with Gasteiger partial charge in [-0.2, -0.15) is 0 Å². The molecule has 4 nitrogen and oxygen atoms in total. The molecule has 2 aromatic rings. The van der Waals surface area contributed by atoms with Crippen molar-refractivity contribution in [2.24, 2.45) is 5.73 Å². The molecule has 1 aromatic carbocycles. The lowest BCUT2D eigenvalue weighted by Crippen LogP contribution is -2.12. The van der Waals surface area contributed by atoms with Gasteiger partial charge in [0.25, 0.3) is 0 Å². The minimum atomic E-state index is -0.451. The Kier molecular flexibility index (Phi) is 4.06. The smallest absolute Gasteiger partial charge is 0.248 e. The summed E-state index contributed by atoms with van der Waals surface area (Å²) < 4.78 is 0. The van der Waals surface area contributed by atoms with E-state index in [0.29, 0.717) is 17.8 Å². The summed E-state index contributed by atoms with van der Waals surface area (Å²) in [6.07, 6.45) is 1.05. The van der Waals surface area contributed by atoms with Gasteiger partial charge in [0.2, 0.25) is 5.91 Å². The average molecular weight is 275 g/mol. The molecule has 0 aliphatic carbocycles. The van der Waals surface area contributed by atoms with Gasteiger partial charge in [0.15, 0.2) is 0 Å². The maximum absolute atomic E-state index is 11.1. The van der Waals surface area contributed by atoms with Gasteiger partial charge in [0.1, 0.15) is 0 Å². The number of primary amides is 1. The third kappa shape index (κ3) is 3.26. The van der Waals surface area contributed by atoms with E-state index in [0.717, 1.165) is 12.1 Å². The first-order valence-corrected chi connectivity index (χ1v) is 6.92. The van der Waals surface area contributed by atoms with Crippen LogP contribution in [-0.2, 0) is 13.0 Å². The van der Waals surface area contributed by atoms with E-state index in [-0.39, 0.29) is 0 Å². The lowest BCUT2D eigenvalue weighted by Gasteiger charge is -2.09. The third-order valence-electron chi connectivity index (χ3n) is 2.86. The number of hydrogen-bond acceptors (Lipinski definition) is 4. The lowest BCUT2D eigenvalue weighted by molar-refractivity contribution is 0.100. The molecule has 0 aliphatic rings. The van der Waals surface area contributed by atoms with Crippen molar-refractivity contribution in [3.8, 4) is 0 Å². The predicted molar refractivity (Wildman–Crippen MR) is 80.4 cm³/mol. The van der Waals surface area contributed by atoms with Gasteiger partial charge in [-0.25, -0.2) is 0 Å². The Hall–Kier alpha value is -2.01. The normalized spacial score (nSPS) is 10.4. The van der Waals surface area contributed by atoms with E-state index in [1.54, 1.807) is 29.5 Å². The van der Waals surface area contributed by atoms with Crippen molar-refractivity contribution in [1.82, 2.24) is 0 Å². The number of rotatable bonds is 5. The Morgan fingerprint density at radius 1 is 1.26 bits per heavy atom. The van der Waals surface area contributed by atoms with E-state index in [1.807, 2.05) is 0 Å². The molecule has 0 saturated heterocycles. The quantitative estimate of drug-likeness (QED) is 0.734.